The molecule has 1 unspecified atom stereocenters. The van der Waals surface area contributed by atoms with E-state index in [1.807, 2.05) is 0 Å². The molecule has 86 valence electrons. The molecule has 15 heavy (non-hydrogen) atoms. The van der Waals surface area contributed by atoms with Gasteiger partial charge in [-0.25, -0.2) is 0 Å². The van der Waals surface area contributed by atoms with Crippen LogP contribution in [-0.2, 0) is 0 Å². The van der Waals surface area contributed by atoms with E-state index in [2.05, 4.69) is 52.8 Å². The Bertz CT molecular complexity index is 262. The summed E-state index contributed by atoms with van der Waals surface area (Å²) in [5, 5.41) is 0. The maximum absolute atomic E-state index is 2.42. The van der Waals surface area contributed by atoms with Crippen molar-refractivity contribution in [3.63, 3.8) is 0 Å². The van der Waals surface area contributed by atoms with Crippen molar-refractivity contribution in [2.24, 2.45) is 10.8 Å². The summed E-state index contributed by atoms with van der Waals surface area (Å²) < 4.78 is 0. The van der Waals surface area contributed by atoms with Crippen LogP contribution in [0.5, 0.6) is 0 Å². The minimum absolute atomic E-state index is 0.359. The van der Waals surface area contributed by atoms with Crippen LogP contribution in [0.3, 0.4) is 0 Å². The molecule has 0 aliphatic heterocycles. The maximum atomic E-state index is 2.42. The highest BCUT2D eigenvalue weighted by Gasteiger charge is 2.41. The molecule has 0 radical (unpaired) electrons. The first-order chi connectivity index (χ1) is 6.98. The fourth-order valence-electron chi connectivity index (χ4n) is 3.10. The third-order valence-electron chi connectivity index (χ3n) is 4.04. The van der Waals surface area contributed by atoms with Gasteiger partial charge in [-0.1, -0.05) is 59.3 Å². The fraction of sp³-hybridized carbons (Fsp3) is 0.733. The van der Waals surface area contributed by atoms with Crippen molar-refractivity contribution in [3.8, 4) is 0 Å². The average molecular weight is 206 g/mol. The van der Waals surface area contributed by atoms with Crippen molar-refractivity contribution in [1.82, 2.24) is 0 Å². The van der Waals surface area contributed by atoms with Crippen LogP contribution in [0.15, 0.2) is 23.8 Å². The standard InChI is InChI=1S/C15H26/c1-6-12-15(7-2,14(3,4)5)13-10-8-9-11-13/h8,10-11H,6-7,9,12H2,1-5H3. The van der Waals surface area contributed by atoms with Crippen molar-refractivity contribution in [2.75, 3.05) is 0 Å². The summed E-state index contributed by atoms with van der Waals surface area (Å²) >= 11 is 0. The minimum atomic E-state index is 0.359. The van der Waals surface area contributed by atoms with Gasteiger partial charge in [0.25, 0.3) is 0 Å². The van der Waals surface area contributed by atoms with E-state index in [1.54, 1.807) is 5.57 Å². The molecular formula is C15H26. The van der Waals surface area contributed by atoms with Gasteiger partial charge in [0.05, 0.1) is 0 Å². The first kappa shape index (κ1) is 12.5. The van der Waals surface area contributed by atoms with Gasteiger partial charge < -0.3 is 0 Å². The molecule has 1 atom stereocenters. The Hall–Kier alpha value is -0.520. The first-order valence-corrected chi connectivity index (χ1v) is 6.35. The highest BCUT2D eigenvalue weighted by atomic mass is 14.5. The molecule has 0 nitrogen and oxygen atoms in total. The minimum Gasteiger partial charge on any atom is -0.0804 e. The third-order valence-corrected chi connectivity index (χ3v) is 4.04. The van der Waals surface area contributed by atoms with Crippen LogP contribution in [0, 0.1) is 10.8 Å². The Kier molecular flexibility index (Phi) is 3.81. The molecule has 1 aliphatic carbocycles. The lowest BCUT2D eigenvalue weighted by atomic mass is 9.59. The van der Waals surface area contributed by atoms with Crippen molar-refractivity contribution < 1.29 is 0 Å². The topological polar surface area (TPSA) is 0 Å². The Balaban J connectivity index is 3.09. The van der Waals surface area contributed by atoms with Crippen LogP contribution in [0.2, 0.25) is 0 Å². The maximum Gasteiger partial charge on any atom is -0.000439 e. The molecule has 0 saturated heterocycles. The van der Waals surface area contributed by atoms with E-state index in [9.17, 15) is 0 Å². The number of hydrogen-bond donors (Lipinski definition) is 0. The zero-order valence-corrected chi connectivity index (χ0v) is 11.1. The number of allylic oxidation sites excluding steroid dienone is 4. The molecule has 0 aromatic rings. The normalized spacial score (nSPS) is 20.2. The monoisotopic (exact) mass is 206 g/mol. The molecular weight excluding hydrogens is 180 g/mol. The predicted molar refractivity (Wildman–Crippen MR) is 68.9 cm³/mol. The summed E-state index contributed by atoms with van der Waals surface area (Å²) in [5.41, 5.74) is 2.33. The summed E-state index contributed by atoms with van der Waals surface area (Å²) in [6.45, 7) is 11.8. The van der Waals surface area contributed by atoms with Gasteiger partial charge in [-0.05, 0) is 35.7 Å². The number of rotatable bonds is 4. The van der Waals surface area contributed by atoms with Gasteiger partial charge in [0.15, 0.2) is 0 Å². The van der Waals surface area contributed by atoms with Crippen LogP contribution in [0.4, 0.5) is 0 Å². The van der Waals surface area contributed by atoms with Gasteiger partial charge >= 0.3 is 0 Å². The second-order valence-corrected chi connectivity index (χ2v) is 5.73. The fourth-order valence-corrected chi connectivity index (χ4v) is 3.10. The zero-order valence-electron chi connectivity index (χ0n) is 11.1. The highest BCUT2D eigenvalue weighted by molar-refractivity contribution is 5.34. The quantitative estimate of drug-likeness (QED) is 0.599. The summed E-state index contributed by atoms with van der Waals surface area (Å²) in [4.78, 5) is 0. The third kappa shape index (κ3) is 2.19. The molecule has 0 heteroatoms. The Morgan fingerprint density at radius 3 is 2.20 bits per heavy atom. The van der Waals surface area contributed by atoms with E-state index < -0.39 is 0 Å². The van der Waals surface area contributed by atoms with E-state index in [4.69, 9.17) is 0 Å². The van der Waals surface area contributed by atoms with Gasteiger partial charge in [0.2, 0.25) is 0 Å². The second-order valence-electron chi connectivity index (χ2n) is 5.73. The van der Waals surface area contributed by atoms with Crippen LogP contribution < -0.4 is 0 Å². The molecule has 0 spiro atoms. The summed E-state index contributed by atoms with van der Waals surface area (Å²) in [6.07, 6.45) is 12.0. The Labute approximate surface area is 95.5 Å². The average Bonchev–Trinajstić information content (AvgIpc) is 2.65. The van der Waals surface area contributed by atoms with E-state index in [1.165, 1.54) is 19.3 Å². The lowest BCUT2D eigenvalue weighted by molar-refractivity contribution is 0.115. The lowest BCUT2D eigenvalue weighted by Gasteiger charge is -2.45. The molecule has 0 aromatic carbocycles. The van der Waals surface area contributed by atoms with E-state index in [0.29, 0.717) is 10.8 Å². The molecule has 0 heterocycles. The van der Waals surface area contributed by atoms with Gasteiger partial charge in [0.1, 0.15) is 0 Å². The van der Waals surface area contributed by atoms with Crippen LogP contribution in [0.25, 0.3) is 0 Å². The van der Waals surface area contributed by atoms with Gasteiger partial charge in [-0.15, -0.1) is 0 Å². The smallest absolute Gasteiger partial charge is 0.000439 e. The lowest BCUT2D eigenvalue weighted by Crippen LogP contribution is -2.36. The largest absolute Gasteiger partial charge is 0.0804 e. The SMILES string of the molecule is CCCC(CC)(C1=CCC=C1)C(C)(C)C. The van der Waals surface area contributed by atoms with Crippen LogP contribution >= 0.6 is 0 Å². The van der Waals surface area contributed by atoms with E-state index >= 15 is 0 Å². The molecule has 0 amide bonds. The summed E-state index contributed by atoms with van der Waals surface area (Å²) in [7, 11) is 0. The highest BCUT2D eigenvalue weighted by Crippen LogP contribution is 2.52. The molecule has 0 bridgehead atoms. The molecule has 0 aromatic heterocycles. The number of hydrogen-bond acceptors (Lipinski definition) is 0. The van der Waals surface area contributed by atoms with Crippen LogP contribution in [0.1, 0.15) is 60.3 Å². The van der Waals surface area contributed by atoms with E-state index in [-0.39, 0.29) is 0 Å². The molecule has 1 aliphatic rings. The van der Waals surface area contributed by atoms with Crippen molar-refractivity contribution in [3.05, 3.63) is 23.8 Å². The molecule has 0 fully saturated rings. The predicted octanol–water partition coefficient (Wildman–Crippen LogP) is 5.12. The van der Waals surface area contributed by atoms with Crippen molar-refractivity contribution >= 4 is 0 Å². The molecule has 1 rings (SSSR count). The first-order valence-electron chi connectivity index (χ1n) is 6.35. The van der Waals surface area contributed by atoms with Crippen molar-refractivity contribution in [1.29, 1.82) is 0 Å². The second kappa shape index (κ2) is 4.55. The van der Waals surface area contributed by atoms with E-state index in [0.717, 1.165) is 6.42 Å². The van der Waals surface area contributed by atoms with Gasteiger partial charge in [-0.3, -0.25) is 0 Å². The molecule has 0 N–H and O–H groups in total. The summed E-state index contributed by atoms with van der Waals surface area (Å²) in [6, 6.07) is 0. The van der Waals surface area contributed by atoms with Crippen molar-refractivity contribution in [2.45, 2.75) is 60.3 Å². The van der Waals surface area contributed by atoms with Gasteiger partial charge in [-0.2, -0.15) is 0 Å². The molecule has 0 saturated carbocycles. The summed E-state index contributed by atoms with van der Waals surface area (Å²) in [5.74, 6) is 0. The Morgan fingerprint density at radius 1 is 1.20 bits per heavy atom. The van der Waals surface area contributed by atoms with Crippen LogP contribution in [-0.4, -0.2) is 0 Å². The van der Waals surface area contributed by atoms with Gasteiger partial charge in [0, 0.05) is 0 Å². The zero-order chi connectivity index (χ0) is 11.5. The Morgan fingerprint density at radius 2 is 1.87 bits per heavy atom.